The SMILES string of the molecule is CCCCc1ccc(OC)cc1C(=O)O. The van der Waals surface area contributed by atoms with Crippen molar-refractivity contribution in [3.63, 3.8) is 0 Å². The number of benzene rings is 1. The molecule has 0 saturated heterocycles. The average Bonchev–Trinajstić information content (AvgIpc) is 2.26. The van der Waals surface area contributed by atoms with Gasteiger partial charge in [0, 0.05) is 0 Å². The Morgan fingerprint density at radius 3 is 2.73 bits per heavy atom. The summed E-state index contributed by atoms with van der Waals surface area (Å²) in [5, 5.41) is 9.03. The van der Waals surface area contributed by atoms with Gasteiger partial charge in [-0.25, -0.2) is 4.79 Å². The van der Waals surface area contributed by atoms with Crippen molar-refractivity contribution in [3.8, 4) is 5.75 Å². The van der Waals surface area contributed by atoms with Crippen LogP contribution in [-0.2, 0) is 6.42 Å². The minimum atomic E-state index is -0.889. The van der Waals surface area contributed by atoms with Crippen LogP contribution in [0.4, 0.5) is 0 Å². The fraction of sp³-hybridized carbons (Fsp3) is 0.417. The second-order valence-corrected chi connectivity index (χ2v) is 3.43. The van der Waals surface area contributed by atoms with Crippen LogP contribution in [0.1, 0.15) is 35.7 Å². The van der Waals surface area contributed by atoms with E-state index in [4.69, 9.17) is 9.84 Å². The summed E-state index contributed by atoms with van der Waals surface area (Å²) in [7, 11) is 1.53. The minimum absolute atomic E-state index is 0.350. The topological polar surface area (TPSA) is 46.5 Å². The highest BCUT2D eigenvalue weighted by atomic mass is 16.5. The Morgan fingerprint density at radius 1 is 1.47 bits per heavy atom. The molecule has 0 spiro atoms. The highest BCUT2D eigenvalue weighted by Crippen LogP contribution is 2.19. The Bertz CT molecular complexity index is 345. The van der Waals surface area contributed by atoms with Gasteiger partial charge in [0.15, 0.2) is 0 Å². The molecule has 0 unspecified atom stereocenters. The van der Waals surface area contributed by atoms with Gasteiger partial charge in [-0.3, -0.25) is 0 Å². The average molecular weight is 208 g/mol. The summed E-state index contributed by atoms with van der Waals surface area (Å²) >= 11 is 0. The molecule has 0 aliphatic carbocycles. The summed E-state index contributed by atoms with van der Waals surface area (Å²) in [5.41, 5.74) is 1.23. The maximum Gasteiger partial charge on any atom is 0.336 e. The van der Waals surface area contributed by atoms with Crippen LogP contribution in [0.2, 0.25) is 0 Å². The summed E-state index contributed by atoms with van der Waals surface area (Å²) in [5.74, 6) is -0.298. The first-order valence-corrected chi connectivity index (χ1v) is 5.09. The van der Waals surface area contributed by atoms with Gasteiger partial charge >= 0.3 is 5.97 Å². The third-order valence-electron chi connectivity index (χ3n) is 2.35. The van der Waals surface area contributed by atoms with Crippen LogP contribution < -0.4 is 4.74 Å². The molecule has 0 aliphatic heterocycles. The summed E-state index contributed by atoms with van der Waals surface area (Å²) < 4.78 is 5.00. The molecule has 0 bridgehead atoms. The van der Waals surface area contributed by atoms with Crippen molar-refractivity contribution < 1.29 is 14.6 Å². The van der Waals surface area contributed by atoms with E-state index in [1.165, 1.54) is 7.11 Å². The summed E-state index contributed by atoms with van der Waals surface area (Å²) in [6, 6.07) is 5.21. The Labute approximate surface area is 89.7 Å². The number of hydrogen-bond donors (Lipinski definition) is 1. The quantitative estimate of drug-likeness (QED) is 0.809. The van der Waals surface area contributed by atoms with Crippen LogP contribution in [0.25, 0.3) is 0 Å². The van der Waals surface area contributed by atoms with Crippen LogP contribution in [0.3, 0.4) is 0 Å². The molecule has 3 heteroatoms. The number of aromatic carboxylic acids is 1. The number of methoxy groups -OCH3 is 1. The van der Waals surface area contributed by atoms with Gasteiger partial charge in [-0.15, -0.1) is 0 Å². The molecule has 0 radical (unpaired) electrons. The Balaban J connectivity index is 2.98. The van der Waals surface area contributed by atoms with E-state index in [-0.39, 0.29) is 0 Å². The van der Waals surface area contributed by atoms with Crippen molar-refractivity contribution >= 4 is 5.97 Å². The summed E-state index contributed by atoms with van der Waals surface area (Å²) in [6.07, 6.45) is 2.87. The lowest BCUT2D eigenvalue weighted by molar-refractivity contribution is 0.0695. The molecule has 0 atom stereocenters. The summed E-state index contributed by atoms with van der Waals surface area (Å²) in [4.78, 5) is 11.0. The molecule has 1 aromatic carbocycles. The Kier molecular flexibility index (Phi) is 4.16. The van der Waals surface area contributed by atoms with E-state index in [9.17, 15) is 4.79 Å². The minimum Gasteiger partial charge on any atom is -0.497 e. The Morgan fingerprint density at radius 2 is 2.20 bits per heavy atom. The first kappa shape index (κ1) is 11.6. The largest absolute Gasteiger partial charge is 0.497 e. The third-order valence-corrected chi connectivity index (χ3v) is 2.35. The first-order chi connectivity index (χ1) is 7.19. The molecule has 1 rings (SSSR count). The normalized spacial score (nSPS) is 10.0. The van der Waals surface area contributed by atoms with Crippen LogP contribution in [0.5, 0.6) is 5.75 Å². The van der Waals surface area contributed by atoms with Gasteiger partial charge in [0.25, 0.3) is 0 Å². The maximum absolute atomic E-state index is 11.0. The van der Waals surface area contributed by atoms with Gasteiger partial charge in [-0.1, -0.05) is 19.4 Å². The molecule has 3 nitrogen and oxygen atoms in total. The maximum atomic E-state index is 11.0. The molecule has 0 heterocycles. The number of unbranched alkanes of at least 4 members (excludes halogenated alkanes) is 1. The second-order valence-electron chi connectivity index (χ2n) is 3.43. The van der Waals surface area contributed by atoms with E-state index in [0.29, 0.717) is 11.3 Å². The molecule has 0 amide bonds. The predicted molar refractivity (Wildman–Crippen MR) is 58.6 cm³/mol. The van der Waals surface area contributed by atoms with Crippen molar-refractivity contribution in [3.05, 3.63) is 29.3 Å². The van der Waals surface area contributed by atoms with Gasteiger partial charge in [-0.2, -0.15) is 0 Å². The van der Waals surface area contributed by atoms with E-state index < -0.39 is 5.97 Å². The first-order valence-electron chi connectivity index (χ1n) is 5.09. The number of carbonyl (C=O) groups is 1. The molecule has 1 N–H and O–H groups in total. The van der Waals surface area contributed by atoms with Crippen molar-refractivity contribution in [2.24, 2.45) is 0 Å². The highest BCUT2D eigenvalue weighted by Gasteiger charge is 2.10. The molecule has 15 heavy (non-hydrogen) atoms. The zero-order valence-corrected chi connectivity index (χ0v) is 9.12. The molecule has 0 saturated carbocycles. The predicted octanol–water partition coefficient (Wildman–Crippen LogP) is 2.74. The number of carboxylic acid groups (broad SMARTS) is 1. The lowest BCUT2D eigenvalue weighted by Gasteiger charge is -2.07. The van der Waals surface area contributed by atoms with Gasteiger partial charge in [-0.05, 0) is 30.5 Å². The number of aryl methyl sites for hydroxylation is 1. The van der Waals surface area contributed by atoms with Crippen LogP contribution in [-0.4, -0.2) is 18.2 Å². The van der Waals surface area contributed by atoms with Crippen molar-refractivity contribution in [1.29, 1.82) is 0 Å². The molecular formula is C12H16O3. The van der Waals surface area contributed by atoms with E-state index >= 15 is 0 Å². The van der Waals surface area contributed by atoms with Gasteiger partial charge in [0.1, 0.15) is 5.75 Å². The molecule has 1 aromatic rings. The number of rotatable bonds is 5. The van der Waals surface area contributed by atoms with E-state index in [1.807, 2.05) is 6.07 Å². The molecular weight excluding hydrogens is 192 g/mol. The fourth-order valence-electron chi connectivity index (χ4n) is 1.47. The van der Waals surface area contributed by atoms with Crippen molar-refractivity contribution in [2.75, 3.05) is 7.11 Å². The number of hydrogen-bond acceptors (Lipinski definition) is 2. The zero-order chi connectivity index (χ0) is 11.3. The smallest absolute Gasteiger partial charge is 0.336 e. The Hall–Kier alpha value is -1.51. The highest BCUT2D eigenvalue weighted by molar-refractivity contribution is 5.89. The standard InChI is InChI=1S/C12H16O3/c1-3-4-5-9-6-7-10(15-2)8-11(9)12(13)14/h6-8H,3-5H2,1-2H3,(H,13,14). The molecule has 0 aliphatic rings. The molecule has 0 aromatic heterocycles. The van der Waals surface area contributed by atoms with Crippen molar-refractivity contribution in [1.82, 2.24) is 0 Å². The zero-order valence-electron chi connectivity index (χ0n) is 9.12. The van der Waals surface area contributed by atoms with Crippen LogP contribution in [0, 0.1) is 0 Å². The molecule has 82 valence electrons. The fourth-order valence-corrected chi connectivity index (χ4v) is 1.47. The van der Waals surface area contributed by atoms with Crippen LogP contribution >= 0.6 is 0 Å². The monoisotopic (exact) mass is 208 g/mol. The lowest BCUT2D eigenvalue weighted by Crippen LogP contribution is -2.03. The van der Waals surface area contributed by atoms with Gasteiger partial charge in [0.2, 0.25) is 0 Å². The van der Waals surface area contributed by atoms with E-state index in [1.54, 1.807) is 12.1 Å². The van der Waals surface area contributed by atoms with E-state index in [2.05, 4.69) is 6.92 Å². The van der Waals surface area contributed by atoms with Gasteiger partial charge in [0.05, 0.1) is 12.7 Å². The third kappa shape index (κ3) is 2.98. The van der Waals surface area contributed by atoms with Gasteiger partial charge < -0.3 is 9.84 Å². The van der Waals surface area contributed by atoms with Crippen LogP contribution in [0.15, 0.2) is 18.2 Å². The summed E-state index contributed by atoms with van der Waals surface area (Å²) in [6.45, 7) is 2.09. The number of carboxylic acids is 1. The molecule has 0 fully saturated rings. The second kappa shape index (κ2) is 5.39. The van der Waals surface area contributed by atoms with Crippen molar-refractivity contribution in [2.45, 2.75) is 26.2 Å². The number of ether oxygens (including phenoxy) is 1. The van der Waals surface area contributed by atoms with E-state index in [0.717, 1.165) is 24.8 Å². The lowest BCUT2D eigenvalue weighted by atomic mass is 10.0.